The van der Waals surface area contributed by atoms with Crippen molar-refractivity contribution in [3.63, 3.8) is 0 Å². The fraction of sp³-hybridized carbons (Fsp3) is 0.167. The minimum atomic E-state index is -3.20. The summed E-state index contributed by atoms with van der Waals surface area (Å²) >= 11 is 0. The van der Waals surface area contributed by atoms with Crippen molar-refractivity contribution in [3.05, 3.63) is 24.5 Å². The normalized spacial score (nSPS) is 13.3. The summed E-state index contributed by atoms with van der Waals surface area (Å²) in [5, 5.41) is 2.99. The first-order chi connectivity index (χ1) is 7.06. The van der Waals surface area contributed by atoms with Gasteiger partial charge in [-0.2, -0.15) is 0 Å². The maximum Gasteiger partial charge on any atom is 0.323 e. The molecule has 9 heteroatoms. The van der Waals surface area contributed by atoms with Crippen LogP contribution in [-0.4, -0.2) is 21.8 Å². The molecule has 2 atom stereocenters. The molecule has 0 saturated carbocycles. The van der Waals surface area contributed by atoms with E-state index in [1.165, 1.54) is 0 Å². The average molecular weight is 254 g/mol. The summed E-state index contributed by atoms with van der Waals surface area (Å²) in [6.07, 6.45) is 3.51. The van der Waals surface area contributed by atoms with Crippen molar-refractivity contribution in [1.82, 2.24) is 4.98 Å². The topological polar surface area (TPSA) is 109 Å². The first-order valence-electron chi connectivity index (χ1n) is 3.77. The van der Waals surface area contributed by atoms with Gasteiger partial charge in [-0.25, -0.2) is 4.31 Å². The summed E-state index contributed by atoms with van der Waals surface area (Å²) in [6, 6.07) is 3.83. The van der Waals surface area contributed by atoms with E-state index in [-0.39, 0.29) is 0 Å². The van der Waals surface area contributed by atoms with Crippen LogP contribution in [0.1, 0.15) is 0 Å². The van der Waals surface area contributed by atoms with Crippen LogP contribution in [0.2, 0.25) is 0 Å². The number of aromatic nitrogens is 1. The van der Waals surface area contributed by atoms with Crippen LogP contribution in [0.3, 0.4) is 0 Å². The molecule has 1 heterocycles. The van der Waals surface area contributed by atoms with Crippen molar-refractivity contribution in [1.29, 1.82) is 0 Å². The summed E-state index contributed by atoms with van der Waals surface area (Å²) < 4.78 is 22.3. The zero-order valence-electron chi connectivity index (χ0n) is 7.88. The molecule has 0 aliphatic carbocycles. The van der Waals surface area contributed by atoms with E-state index in [1.54, 1.807) is 12.4 Å². The standard InChI is InChI=1S/C6H8N2.H4O5P2/c1-7-6-2-4-8-5-3-6;1-6(2)5-7(3)4/h2-5H,1H3,(H,7,8);6-7H,(H,1,2)(H,3,4). The van der Waals surface area contributed by atoms with E-state index < -0.39 is 16.5 Å². The van der Waals surface area contributed by atoms with Gasteiger partial charge in [-0.1, -0.05) is 0 Å². The van der Waals surface area contributed by atoms with Crippen LogP contribution in [0.5, 0.6) is 0 Å². The fourth-order valence-electron chi connectivity index (χ4n) is 0.593. The molecular formula is C6H12N2O5P2. The lowest BCUT2D eigenvalue weighted by molar-refractivity contribution is 0.371. The highest BCUT2D eigenvalue weighted by molar-refractivity contribution is 7.46. The lowest BCUT2D eigenvalue weighted by Crippen LogP contribution is -1.85. The van der Waals surface area contributed by atoms with Crippen LogP contribution in [0.25, 0.3) is 0 Å². The Kier molecular flexibility index (Phi) is 8.18. The molecular weight excluding hydrogens is 242 g/mol. The van der Waals surface area contributed by atoms with E-state index in [4.69, 9.17) is 9.79 Å². The first kappa shape index (κ1) is 14.3. The fourth-order valence-corrected chi connectivity index (χ4v) is 1.19. The highest BCUT2D eigenvalue weighted by atomic mass is 31.2. The lowest BCUT2D eigenvalue weighted by Gasteiger charge is -1.93. The molecule has 1 aromatic rings. The summed E-state index contributed by atoms with van der Waals surface area (Å²) in [5.74, 6) is 0. The molecule has 86 valence electrons. The Morgan fingerprint density at radius 2 is 1.73 bits per heavy atom. The van der Waals surface area contributed by atoms with Crippen LogP contribution in [-0.2, 0) is 13.4 Å². The van der Waals surface area contributed by atoms with Crippen LogP contribution in [0.4, 0.5) is 5.69 Å². The molecule has 0 aliphatic rings. The molecule has 1 aromatic heterocycles. The van der Waals surface area contributed by atoms with E-state index in [2.05, 4.69) is 14.6 Å². The van der Waals surface area contributed by atoms with Gasteiger partial charge in [0.2, 0.25) is 0 Å². The Hall–Kier alpha value is -0.710. The van der Waals surface area contributed by atoms with Gasteiger partial charge in [-0.3, -0.25) is 14.1 Å². The molecule has 3 N–H and O–H groups in total. The van der Waals surface area contributed by atoms with Crippen LogP contribution in [0.15, 0.2) is 24.5 Å². The quantitative estimate of drug-likeness (QED) is 0.687. The van der Waals surface area contributed by atoms with Gasteiger partial charge >= 0.3 is 16.5 Å². The Labute approximate surface area is 88.0 Å². The second-order valence-corrected chi connectivity index (χ2v) is 4.00. The first-order valence-corrected chi connectivity index (χ1v) is 6.30. The van der Waals surface area contributed by atoms with E-state index in [0.29, 0.717) is 0 Å². The highest BCUT2D eigenvalue weighted by Crippen LogP contribution is 2.30. The van der Waals surface area contributed by atoms with Gasteiger partial charge in [0.15, 0.2) is 0 Å². The molecule has 0 bridgehead atoms. The minimum Gasteiger partial charge on any atom is -0.388 e. The second-order valence-electron chi connectivity index (χ2n) is 2.12. The minimum absolute atomic E-state index is 1.10. The highest BCUT2D eigenvalue weighted by Gasteiger charge is 1.93. The SMILES string of the molecule is CNc1ccncc1.O=[PH](O)O[PH](=O)O. The zero-order chi connectivity index (χ0) is 11.7. The molecule has 0 aliphatic heterocycles. The van der Waals surface area contributed by atoms with Crippen molar-refractivity contribution < 1.29 is 23.2 Å². The van der Waals surface area contributed by atoms with Gasteiger partial charge in [-0.05, 0) is 12.1 Å². The molecule has 2 unspecified atom stereocenters. The van der Waals surface area contributed by atoms with Gasteiger partial charge in [-0.15, -0.1) is 0 Å². The predicted molar refractivity (Wildman–Crippen MR) is 57.3 cm³/mol. The number of hydrogen-bond acceptors (Lipinski definition) is 5. The smallest absolute Gasteiger partial charge is 0.323 e. The van der Waals surface area contributed by atoms with Crippen molar-refractivity contribution in [2.45, 2.75) is 0 Å². The molecule has 15 heavy (non-hydrogen) atoms. The number of anilines is 1. The third-order valence-electron chi connectivity index (χ3n) is 1.14. The largest absolute Gasteiger partial charge is 0.388 e. The van der Waals surface area contributed by atoms with Gasteiger partial charge in [0.1, 0.15) is 0 Å². The Balaban J connectivity index is 0.000000265. The van der Waals surface area contributed by atoms with Gasteiger partial charge in [0.05, 0.1) is 0 Å². The van der Waals surface area contributed by atoms with E-state index >= 15 is 0 Å². The summed E-state index contributed by atoms with van der Waals surface area (Å²) in [5.41, 5.74) is 1.10. The number of hydrogen-bond donors (Lipinski definition) is 3. The Bertz CT molecular complexity index is 309. The Morgan fingerprint density at radius 3 is 1.93 bits per heavy atom. The van der Waals surface area contributed by atoms with E-state index in [9.17, 15) is 9.13 Å². The summed E-state index contributed by atoms with van der Waals surface area (Å²) in [6.45, 7) is 0. The van der Waals surface area contributed by atoms with Crippen LogP contribution >= 0.6 is 16.5 Å². The molecule has 0 amide bonds. The maximum atomic E-state index is 9.44. The molecule has 0 fully saturated rings. The van der Waals surface area contributed by atoms with Gasteiger partial charge in [0.25, 0.3) is 0 Å². The third-order valence-corrected chi connectivity index (χ3v) is 2.54. The second kappa shape index (κ2) is 8.59. The monoisotopic (exact) mass is 254 g/mol. The van der Waals surface area contributed by atoms with E-state index in [1.807, 2.05) is 19.2 Å². The predicted octanol–water partition coefficient (Wildman–Crippen LogP) is 0.890. The molecule has 7 nitrogen and oxygen atoms in total. The average Bonchev–Trinajstić information content (AvgIpc) is 2.18. The Morgan fingerprint density at radius 1 is 1.27 bits per heavy atom. The van der Waals surface area contributed by atoms with Gasteiger partial charge in [0, 0.05) is 25.1 Å². The maximum absolute atomic E-state index is 9.44. The molecule has 0 aromatic carbocycles. The molecule has 0 saturated heterocycles. The van der Waals surface area contributed by atoms with Crippen molar-refractivity contribution in [2.24, 2.45) is 0 Å². The lowest BCUT2D eigenvalue weighted by atomic mass is 10.4. The van der Waals surface area contributed by atoms with Gasteiger partial charge < -0.3 is 15.1 Å². The number of rotatable bonds is 3. The summed E-state index contributed by atoms with van der Waals surface area (Å²) in [7, 11) is -4.52. The van der Waals surface area contributed by atoms with E-state index in [0.717, 1.165) is 5.69 Å². The summed E-state index contributed by atoms with van der Waals surface area (Å²) in [4.78, 5) is 19.3. The zero-order valence-corrected chi connectivity index (χ0v) is 9.88. The number of pyridine rings is 1. The molecule has 0 spiro atoms. The third kappa shape index (κ3) is 9.59. The molecule has 1 rings (SSSR count). The van der Waals surface area contributed by atoms with Crippen molar-refractivity contribution in [2.75, 3.05) is 12.4 Å². The van der Waals surface area contributed by atoms with Crippen LogP contribution in [0, 0.1) is 0 Å². The number of nitrogens with one attached hydrogen (secondary N) is 1. The van der Waals surface area contributed by atoms with Crippen molar-refractivity contribution >= 4 is 22.2 Å². The number of nitrogens with zero attached hydrogens (tertiary/aromatic N) is 1. The van der Waals surface area contributed by atoms with Crippen molar-refractivity contribution in [3.8, 4) is 0 Å². The molecule has 0 radical (unpaired) electrons. The van der Waals surface area contributed by atoms with Crippen LogP contribution < -0.4 is 5.32 Å².